The van der Waals surface area contributed by atoms with Crippen LogP contribution in [0.5, 0.6) is 5.75 Å². The van der Waals surface area contributed by atoms with E-state index in [9.17, 15) is 0 Å². The molecule has 1 aromatic carbocycles. The zero-order valence-corrected chi connectivity index (χ0v) is 13.4. The van der Waals surface area contributed by atoms with E-state index in [1.807, 2.05) is 0 Å². The Labute approximate surface area is 106 Å². The second-order valence-electron chi connectivity index (χ2n) is 3.32. The average molecular weight is 398 g/mol. The Morgan fingerprint density at radius 2 is 2.00 bits per heavy atom. The van der Waals surface area contributed by atoms with E-state index < -0.39 is 13.9 Å². The molecule has 1 aromatic rings. The van der Waals surface area contributed by atoms with Crippen LogP contribution in [-0.2, 0) is 3.10 Å². The summed E-state index contributed by atoms with van der Waals surface area (Å²) < 4.78 is 11.0. The van der Waals surface area contributed by atoms with Crippen molar-refractivity contribution >= 4 is 55.9 Å². The predicted octanol–water partition coefficient (Wildman–Crippen LogP) is 2.82. The maximum absolute atomic E-state index is 6.24. The van der Waals surface area contributed by atoms with Gasteiger partial charge in [0.1, 0.15) is 0 Å². The molecule has 1 aliphatic heterocycles. The molecular weight excluding hydrogens is 388 g/mol. The van der Waals surface area contributed by atoms with Gasteiger partial charge in [-0.25, -0.2) is 0 Å². The molecule has 0 amide bonds. The zero-order chi connectivity index (χ0) is 12.0. The molecule has 0 spiro atoms. The Bertz CT molecular complexity index is 481. The van der Waals surface area contributed by atoms with Crippen LogP contribution in [-0.4, -0.2) is 26.9 Å². The fourth-order valence-electron chi connectivity index (χ4n) is 1.47. The second kappa shape index (κ2) is 3.83. The van der Waals surface area contributed by atoms with Gasteiger partial charge in [-0.05, 0) is 0 Å². The molecule has 0 saturated carbocycles. The van der Waals surface area contributed by atoms with E-state index in [0.29, 0.717) is 20.9 Å². The molecule has 0 bridgehead atoms. The number of nitrogens with zero attached hydrogens (tertiary/aromatic N) is 1. The number of methoxy groups -OCH3 is 1. The van der Waals surface area contributed by atoms with Crippen LogP contribution < -0.4 is 8.35 Å². The van der Waals surface area contributed by atoms with Crippen molar-refractivity contribution in [3.05, 3.63) is 18.2 Å². The van der Waals surface area contributed by atoms with Crippen LogP contribution in [0.15, 0.2) is 23.2 Å². The van der Waals surface area contributed by atoms with Crippen LogP contribution >= 0.6 is 26.9 Å². The summed E-state index contributed by atoms with van der Waals surface area (Å²) in [6.07, 6.45) is 0. The molecular formula is C9H10Cl3NO2Te. The minimum atomic E-state index is -4.68. The standard InChI is InChI=1S/C9H10Cl3NO2Te/c1-6-13-8-5-7(14-2)3-4-9(8)16(10,11,12)15-6/h3-5,16H,1-2H3. The summed E-state index contributed by atoms with van der Waals surface area (Å²) in [7, 11) is 20.3. The van der Waals surface area contributed by atoms with E-state index in [4.69, 9.17) is 34.7 Å². The third kappa shape index (κ3) is 2.23. The van der Waals surface area contributed by atoms with Gasteiger partial charge in [0.2, 0.25) is 0 Å². The molecule has 0 unspecified atom stereocenters. The van der Waals surface area contributed by atoms with Gasteiger partial charge in [0.05, 0.1) is 0 Å². The second-order valence-corrected chi connectivity index (χ2v) is 25.9. The summed E-state index contributed by atoms with van der Waals surface area (Å²) in [5.41, 5.74) is 0.616. The van der Waals surface area contributed by atoms with Crippen molar-refractivity contribution in [2.75, 3.05) is 7.11 Å². The van der Waals surface area contributed by atoms with Crippen molar-refractivity contribution in [3.63, 3.8) is 0 Å². The number of ether oxygens (including phenoxy) is 1. The SMILES string of the molecule is COc1ccc2c(c1)N=C(C)O[TeH]2(Cl)(Cl)Cl. The molecule has 7 heteroatoms. The molecule has 1 aliphatic rings. The molecule has 0 fully saturated rings. The van der Waals surface area contributed by atoms with Gasteiger partial charge in [0.25, 0.3) is 0 Å². The Balaban J connectivity index is 2.67. The summed E-state index contributed by atoms with van der Waals surface area (Å²) >= 11 is -4.68. The Kier molecular flexibility index (Phi) is 3.01. The van der Waals surface area contributed by atoms with Gasteiger partial charge in [-0.3, -0.25) is 0 Å². The summed E-state index contributed by atoms with van der Waals surface area (Å²) in [5, 5.41) is 0. The van der Waals surface area contributed by atoms with E-state index in [0.717, 1.165) is 0 Å². The third-order valence-electron chi connectivity index (χ3n) is 2.11. The first-order valence-corrected chi connectivity index (χ1v) is 16.4. The molecule has 0 N–H and O–H groups in total. The first kappa shape index (κ1) is 12.6. The van der Waals surface area contributed by atoms with Gasteiger partial charge in [0, 0.05) is 0 Å². The Morgan fingerprint density at radius 3 is 2.62 bits per heavy atom. The number of fused-ring (bicyclic) bond motifs is 1. The first-order valence-electron chi connectivity index (χ1n) is 4.42. The Hall–Kier alpha value is 0.150. The first-order chi connectivity index (χ1) is 7.30. The van der Waals surface area contributed by atoms with Crippen molar-refractivity contribution in [3.8, 4) is 5.75 Å². The van der Waals surface area contributed by atoms with Crippen molar-refractivity contribution in [2.24, 2.45) is 4.99 Å². The van der Waals surface area contributed by atoms with E-state index >= 15 is 0 Å². The molecule has 0 radical (unpaired) electrons. The van der Waals surface area contributed by atoms with E-state index in [-0.39, 0.29) is 0 Å². The number of hydrogen-bond donors (Lipinski definition) is 0. The van der Waals surface area contributed by atoms with Gasteiger partial charge < -0.3 is 0 Å². The summed E-state index contributed by atoms with van der Waals surface area (Å²) in [6, 6.07) is 5.18. The van der Waals surface area contributed by atoms with Gasteiger partial charge >= 0.3 is 107 Å². The number of aliphatic imine (C=N–C) groups is 1. The van der Waals surface area contributed by atoms with Crippen molar-refractivity contribution in [2.45, 2.75) is 6.92 Å². The Morgan fingerprint density at radius 1 is 1.31 bits per heavy atom. The molecule has 90 valence electrons. The maximum atomic E-state index is 6.24. The van der Waals surface area contributed by atoms with E-state index in [1.54, 1.807) is 32.2 Å². The number of rotatable bonds is 1. The summed E-state index contributed by atoms with van der Waals surface area (Å²) in [5.74, 6) is 1.05. The fourth-order valence-corrected chi connectivity index (χ4v) is 10.2. The molecule has 1 heterocycles. The van der Waals surface area contributed by atoms with Crippen molar-refractivity contribution in [1.29, 1.82) is 0 Å². The third-order valence-corrected chi connectivity index (χ3v) is 12.0. The molecule has 0 atom stereocenters. The van der Waals surface area contributed by atoms with Crippen LogP contribution in [0.4, 0.5) is 5.69 Å². The van der Waals surface area contributed by atoms with Crippen LogP contribution in [0.25, 0.3) is 0 Å². The average Bonchev–Trinajstić information content (AvgIpc) is 2.13. The zero-order valence-electron chi connectivity index (χ0n) is 8.58. The molecule has 2 rings (SSSR count). The van der Waals surface area contributed by atoms with Gasteiger partial charge in [-0.1, -0.05) is 0 Å². The molecule has 0 saturated heterocycles. The number of hydrogen-bond acceptors (Lipinski definition) is 3. The molecule has 0 aliphatic carbocycles. The summed E-state index contributed by atoms with van der Waals surface area (Å²) in [6.45, 7) is 1.67. The summed E-state index contributed by atoms with van der Waals surface area (Å²) in [4.78, 5) is 4.21. The van der Waals surface area contributed by atoms with Crippen LogP contribution in [0.2, 0.25) is 0 Å². The predicted molar refractivity (Wildman–Crippen MR) is 71.2 cm³/mol. The van der Waals surface area contributed by atoms with E-state index in [1.165, 1.54) is 0 Å². The van der Waals surface area contributed by atoms with Crippen LogP contribution in [0.1, 0.15) is 6.92 Å². The topological polar surface area (TPSA) is 30.8 Å². The number of benzene rings is 1. The molecule has 16 heavy (non-hydrogen) atoms. The van der Waals surface area contributed by atoms with Gasteiger partial charge in [0.15, 0.2) is 0 Å². The van der Waals surface area contributed by atoms with Crippen molar-refractivity contribution in [1.82, 2.24) is 0 Å². The van der Waals surface area contributed by atoms with Gasteiger partial charge in [-0.2, -0.15) is 0 Å². The quantitative estimate of drug-likeness (QED) is 0.682. The fraction of sp³-hybridized carbons (Fsp3) is 0.222. The van der Waals surface area contributed by atoms with Crippen LogP contribution in [0, 0.1) is 0 Å². The normalized spacial score (nSPS) is 23.1. The van der Waals surface area contributed by atoms with Gasteiger partial charge in [-0.15, -0.1) is 0 Å². The monoisotopic (exact) mass is 399 g/mol. The minimum absolute atomic E-state index is 0.377. The van der Waals surface area contributed by atoms with Crippen LogP contribution in [0.3, 0.4) is 0 Å². The molecule has 3 nitrogen and oxygen atoms in total. The van der Waals surface area contributed by atoms with E-state index in [2.05, 4.69) is 4.99 Å². The van der Waals surface area contributed by atoms with Crippen molar-refractivity contribution < 1.29 is 7.84 Å². The molecule has 0 aromatic heterocycles. The number of halogens is 3.